The van der Waals surface area contributed by atoms with Crippen LogP contribution in [0.25, 0.3) is 0 Å². The van der Waals surface area contributed by atoms with Gasteiger partial charge in [-0.3, -0.25) is 9.89 Å². The highest BCUT2D eigenvalue weighted by Crippen LogP contribution is 2.31. The van der Waals surface area contributed by atoms with Crippen molar-refractivity contribution in [1.82, 2.24) is 15.5 Å². The maximum Gasteiger partial charge on any atom is 0.191 e. The summed E-state index contributed by atoms with van der Waals surface area (Å²) < 4.78 is 14.4. The van der Waals surface area contributed by atoms with Gasteiger partial charge in [0.15, 0.2) is 5.96 Å². The van der Waals surface area contributed by atoms with Gasteiger partial charge in [0, 0.05) is 30.7 Å². The summed E-state index contributed by atoms with van der Waals surface area (Å²) in [5.41, 5.74) is 0.558. The molecular weight excluding hydrogens is 315 g/mol. The highest BCUT2D eigenvalue weighted by atomic mass is 35.5. The first-order chi connectivity index (χ1) is 11.2. The normalized spacial score (nSPS) is 17.1. The van der Waals surface area contributed by atoms with Crippen molar-refractivity contribution < 1.29 is 4.39 Å². The lowest BCUT2D eigenvalue weighted by molar-refractivity contribution is 0.240. The van der Waals surface area contributed by atoms with Crippen LogP contribution < -0.4 is 10.6 Å². The van der Waals surface area contributed by atoms with E-state index in [1.165, 1.54) is 6.07 Å². The first kappa shape index (κ1) is 17.8. The van der Waals surface area contributed by atoms with Crippen LogP contribution in [0.15, 0.2) is 35.8 Å². The number of hydrogen-bond acceptors (Lipinski definition) is 2. The van der Waals surface area contributed by atoms with E-state index in [2.05, 4.69) is 27.1 Å². The van der Waals surface area contributed by atoms with Crippen molar-refractivity contribution in [3.63, 3.8) is 0 Å². The van der Waals surface area contributed by atoms with Crippen molar-refractivity contribution in [3.05, 3.63) is 47.3 Å². The molecule has 1 aliphatic heterocycles. The van der Waals surface area contributed by atoms with E-state index in [9.17, 15) is 4.39 Å². The Balaban J connectivity index is 2.16. The number of hydrogen-bond donors (Lipinski definition) is 2. The Morgan fingerprint density at radius 1 is 1.43 bits per heavy atom. The predicted molar refractivity (Wildman–Crippen MR) is 94.5 cm³/mol. The van der Waals surface area contributed by atoms with E-state index < -0.39 is 0 Å². The van der Waals surface area contributed by atoms with Gasteiger partial charge < -0.3 is 10.6 Å². The van der Waals surface area contributed by atoms with Crippen LogP contribution in [-0.2, 0) is 0 Å². The number of rotatable bonds is 6. The summed E-state index contributed by atoms with van der Waals surface area (Å²) in [6, 6.07) is 4.73. The molecule has 0 saturated carbocycles. The van der Waals surface area contributed by atoms with Crippen molar-refractivity contribution >= 4 is 17.6 Å². The van der Waals surface area contributed by atoms with Crippen LogP contribution in [0.5, 0.6) is 0 Å². The van der Waals surface area contributed by atoms with Gasteiger partial charge >= 0.3 is 0 Å². The third-order valence-electron chi connectivity index (χ3n) is 4.01. The van der Waals surface area contributed by atoms with Gasteiger partial charge in [0.2, 0.25) is 0 Å². The van der Waals surface area contributed by atoms with Crippen molar-refractivity contribution in [2.45, 2.75) is 18.9 Å². The lowest BCUT2D eigenvalue weighted by atomic mass is 10.0. The minimum absolute atomic E-state index is 0.117. The molecule has 1 heterocycles. The first-order valence-electron chi connectivity index (χ1n) is 7.90. The quantitative estimate of drug-likeness (QED) is 0.476. The molecule has 23 heavy (non-hydrogen) atoms. The molecule has 0 aliphatic carbocycles. The molecular formula is C17H24ClFN4. The lowest BCUT2D eigenvalue weighted by Gasteiger charge is -2.29. The third kappa shape index (κ3) is 4.69. The second-order valence-electron chi connectivity index (χ2n) is 5.52. The number of likely N-dealkylation sites (tertiary alicyclic amines) is 1. The zero-order valence-corrected chi connectivity index (χ0v) is 14.2. The Morgan fingerprint density at radius 2 is 2.17 bits per heavy atom. The summed E-state index contributed by atoms with van der Waals surface area (Å²) in [5, 5.41) is 6.85. The lowest BCUT2D eigenvalue weighted by Crippen LogP contribution is -2.43. The van der Waals surface area contributed by atoms with Crippen molar-refractivity contribution in [2.24, 2.45) is 4.99 Å². The van der Waals surface area contributed by atoms with E-state index >= 15 is 0 Å². The van der Waals surface area contributed by atoms with Crippen molar-refractivity contribution in [1.29, 1.82) is 0 Å². The van der Waals surface area contributed by atoms with E-state index in [1.54, 1.807) is 25.3 Å². The number of nitrogens with zero attached hydrogens (tertiary/aromatic N) is 2. The number of benzene rings is 1. The van der Waals surface area contributed by atoms with Crippen LogP contribution >= 0.6 is 11.6 Å². The molecule has 2 N–H and O–H groups in total. The molecule has 6 heteroatoms. The zero-order valence-electron chi connectivity index (χ0n) is 13.5. The van der Waals surface area contributed by atoms with Crippen LogP contribution in [0, 0.1) is 5.82 Å². The molecule has 0 radical (unpaired) electrons. The average molecular weight is 339 g/mol. The van der Waals surface area contributed by atoms with Gasteiger partial charge in [-0.15, -0.1) is 6.58 Å². The standard InChI is InChI=1S/C17H24ClFN4/c1-3-9-21-17(20-2)22-12-15(23-10-4-5-11-23)16-13(18)7-6-8-14(16)19/h3,6-8,15H,1,4-5,9-12H2,2H3,(H2,20,21,22). The summed E-state index contributed by atoms with van der Waals surface area (Å²) >= 11 is 6.28. The van der Waals surface area contributed by atoms with E-state index in [1.807, 2.05) is 0 Å². The summed E-state index contributed by atoms with van der Waals surface area (Å²) in [6.07, 6.45) is 4.02. The second-order valence-corrected chi connectivity index (χ2v) is 5.92. The molecule has 1 fully saturated rings. The number of nitrogens with one attached hydrogen (secondary N) is 2. The van der Waals surface area contributed by atoms with Crippen molar-refractivity contribution in [3.8, 4) is 0 Å². The van der Waals surface area contributed by atoms with Gasteiger partial charge in [0.05, 0.1) is 6.04 Å². The average Bonchev–Trinajstić information content (AvgIpc) is 3.07. The minimum Gasteiger partial charge on any atom is -0.354 e. The molecule has 1 aliphatic rings. The molecule has 126 valence electrons. The Kier molecular flexibility index (Phi) is 6.86. The number of guanidine groups is 1. The molecule has 1 aromatic carbocycles. The Morgan fingerprint density at radius 3 is 2.78 bits per heavy atom. The SMILES string of the molecule is C=CCNC(=NC)NCC(c1c(F)cccc1Cl)N1CCCC1. The van der Waals surface area contributed by atoms with Gasteiger partial charge in [-0.2, -0.15) is 0 Å². The smallest absolute Gasteiger partial charge is 0.191 e. The summed E-state index contributed by atoms with van der Waals surface area (Å²) in [4.78, 5) is 6.44. The highest BCUT2D eigenvalue weighted by molar-refractivity contribution is 6.31. The minimum atomic E-state index is -0.259. The van der Waals surface area contributed by atoms with Gasteiger partial charge in [-0.1, -0.05) is 23.7 Å². The van der Waals surface area contributed by atoms with E-state index in [0.29, 0.717) is 29.6 Å². The fourth-order valence-corrected chi connectivity index (χ4v) is 3.17. The van der Waals surface area contributed by atoms with E-state index in [4.69, 9.17) is 11.6 Å². The summed E-state index contributed by atoms with van der Waals surface area (Å²) in [6.45, 7) is 6.74. The van der Waals surface area contributed by atoms with E-state index in [-0.39, 0.29) is 11.9 Å². The maximum atomic E-state index is 14.4. The van der Waals surface area contributed by atoms with Crippen LogP contribution in [0.2, 0.25) is 5.02 Å². The predicted octanol–water partition coefficient (Wildman–Crippen LogP) is 2.97. The molecule has 0 aromatic heterocycles. The number of halogens is 2. The fraction of sp³-hybridized carbons (Fsp3) is 0.471. The molecule has 1 atom stereocenters. The van der Waals surface area contributed by atoms with Gasteiger partial charge in [-0.05, 0) is 38.1 Å². The van der Waals surface area contributed by atoms with Gasteiger partial charge in [-0.25, -0.2) is 4.39 Å². The molecule has 0 amide bonds. The Bertz CT molecular complexity index is 535. The van der Waals surface area contributed by atoms with Crippen LogP contribution in [0.3, 0.4) is 0 Å². The summed E-state index contributed by atoms with van der Waals surface area (Å²) in [5.74, 6) is 0.409. The monoisotopic (exact) mass is 338 g/mol. The fourth-order valence-electron chi connectivity index (χ4n) is 2.88. The van der Waals surface area contributed by atoms with Crippen LogP contribution in [0.1, 0.15) is 24.4 Å². The molecule has 1 aromatic rings. The third-order valence-corrected chi connectivity index (χ3v) is 4.34. The Labute approximate surface area is 142 Å². The molecule has 0 spiro atoms. The largest absolute Gasteiger partial charge is 0.354 e. The Hall–Kier alpha value is -1.59. The van der Waals surface area contributed by atoms with Crippen LogP contribution in [-0.4, -0.2) is 44.1 Å². The molecule has 0 bridgehead atoms. The number of aliphatic imine (C=N–C) groups is 1. The maximum absolute atomic E-state index is 14.4. The highest BCUT2D eigenvalue weighted by Gasteiger charge is 2.27. The molecule has 4 nitrogen and oxygen atoms in total. The van der Waals surface area contributed by atoms with E-state index in [0.717, 1.165) is 25.9 Å². The molecule has 1 saturated heterocycles. The first-order valence-corrected chi connectivity index (χ1v) is 8.28. The van der Waals surface area contributed by atoms with Gasteiger partial charge in [0.25, 0.3) is 0 Å². The molecule has 2 rings (SSSR count). The topological polar surface area (TPSA) is 39.7 Å². The molecule has 1 unspecified atom stereocenters. The van der Waals surface area contributed by atoms with Crippen molar-refractivity contribution in [2.75, 3.05) is 33.2 Å². The van der Waals surface area contributed by atoms with Crippen LogP contribution in [0.4, 0.5) is 4.39 Å². The summed E-state index contributed by atoms with van der Waals surface area (Å²) in [7, 11) is 1.71. The zero-order chi connectivity index (χ0) is 16.7. The van der Waals surface area contributed by atoms with Gasteiger partial charge in [0.1, 0.15) is 5.82 Å². The second kappa shape index (κ2) is 8.89.